The van der Waals surface area contributed by atoms with Crippen LogP contribution in [0.25, 0.3) is 5.69 Å². The van der Waals surface area contributed by atoms with Crippen LogP contribution in [0.15, 0.2) is 67.0 Å². The van der Waals surface area contributed by atoms with Crippen LogP contribution in [-0.4, -0.2) is 27.3 Å². The van der Waals surface area contributed by atoms with Crippen molar-refractivity contribution in [1.82, 2.24) is 9.78 Å². The van der Waals surface area contributed by atoms with E-state index in [4.69, 9.17) is 4.74 Å². The number of cyclic esters (lactones) is 1. The van der Waals surface area contributed by atoms with E-state index in [1.807, 2.05) is 36.5 Å². The maximum absolute atomic E-state index is 12.8. The van der Waals surface area contributed by atoms with E-state index in [9.17, 15) is 9.59 Å². The molecular formula is C20H17N3O3. The number of rotatable bonds is 3. The monoisotopic (exact) mass is 347 g/mol. The first-order valence-corrected chi connectivity index (χ1v) is 8.28. The molecule has 1 atom stereocenters. The lowest BCUT2D eigenvalue weighted by Crippen LogP contribution is -2.48. The van der Waals surface area contributed by atoms with Gasteiger partial charge in [-0.05, 0) is 48.9 Å². The number of esters is 1. The van der Waals surface area contributed by atoms with Gasteiger partial charge in [0.1, 0.15) is 0 Å². The number of amides is 1. The summed E-state index contributed by atoms with van der Waals surface area (Å²) >= 11 is 0. The van der Waals surface area contributed by atoms with E-state index in [1.54, 1.807) is 42.1 Å². The Hall–Kier alpha value is -3.41. The number of carbonyl (C=O) groups is 2. The Morgan fingerprint density at radius 1 is 1.15 bits per heavy atom. The fraction of sp³-hybridized carbons (Fsp3) is 0.150. The van der Waals surface area contributed by atoms with Crippen LogP contribution in [0.3, 0.4) is 0 Å². The minimum atomic E-state index is -1.24. The number of hydrogen-bond acceptors (Lipinski definition) is 4. The maximum atomic E-state index is 12.8. The zero-order valence-electron chi connectivity index (χ0n) is 14.2. The fourth-order valence-corrected chi connectivity index (χ4v) is 3.04. The highest BCUT2D eigenvalue weighted by atomic mass is 16.6. The van der Waals surface area contributed by atoms with Crippen molar-refractivity contribution in [2.24, 2.45) is 0 Å². The van der Waals surface area contributed by atoms with Gasteiger partial charge >= 0.3 is 5.97 Å². The molecule has 0 saturated heterocycles. The molecule has 2 aromatic carbocycles. The third kappa shape index (κ3) is 2.86. The van der Waals surface area contributed by atoms with Crippen LogP contribution >= 0.6 is 0 Å². The average molecular weight is 347 g/mol. The number of nitrogens with zero attached hydrogens (tertiary/aromatic N) is 2. The molecule has 1 aliphatic rings. The number of aromatic nitrogens is 2. The van der Waals surface area contributed by atoms with Gasteiger partial charge in [0.05, 0.1) is 11.3 Å². The van der Waals surface area contributed by atoms with E-state index < -0.39 is 11.6 Å². The Bertz CT molecular complexity index is 964. The standard InChI is InChI=1S/C20H17N3O3/c1-20(13-14-5-2-3-6-17(14)18(24)26-20)19(25)22-15-7-9-16(10-8-15)23-12-4-11-21-23/h2-12H,13H2,1H3,(H,22,25). The summed E-state index contributed by atoms with van der Waals surface area (Å²) in [4.78, 5) is 25.0. The Morgan fingerprint density at radius 3 is 2.65 bits per heavy atom. The van der Waals surface area contributed by atoms with Gasteiger partial charge in [-0.15, -0.1) is 0 Å². The molecule has 1 aromatic heterocycles. The first-order chi connectivity index (χ1) is 12.5. The molecule has 1 unspecified atom stereocenters. The SMILES string of the molecule is CC1(C(=O)Nc2ccc(-n3cccn3)cc2)Cc2ccccc2C(=O)O1. The lowest BCUT2D eigenvalue weighted by Gasteiger charge is -2.33. The summed E-state index contributed by atoms with van der Waals surface area (Å²) in [5, 5.41) is 6.99. The van der Waals surface area contributed by atoms with E-state index in [0.29, 0.717) is 17.7 Å². The predicted octanol–water partition coefficient (Wildman–Crippen LogP) is 2.98. The summed E-state index contributed by atoms with van der Waals surface area (Å²) in [6.45, 7) is 1.63. The van der Waals surface area contributed by atoms with Crippen molar-refractivity contribution in [3.8, 4) is 5.69 Å². The van der Waals surface area contributed by atoms with Crippen LogP contribution in [0.2, 0.25) is 0 Å². The lowest BCUT2D eigenvalue weighted by atomic mass is 9.89. The molecule has 0 aliphatic carbocycles. The number of carbonyl (C=O) groups excluding carboxylic acids is 2. The second-order valence-electron chi connectivity index (χ2n) is 6.41. The Labute approximate surface area is 150 Å². The number of fused-ring (bicyclic) bond motifs is 1. The second-order valence-corrected chi connectivity index (χ2v) is 6.41. The molecule has 26 heavy (non-hydrogen) atoms. The number of benzene rings is 2. The van der Waals surface area contributed by atoms with Gasteiger partial charge in [-0.3, -0.25) is 4.79 Å². The summed E-state index contributed by atoms with van der Waals surface area (Å²) < 4.78 is 7.18. The molecule has 3 aromatic rings. The van der Waals surface area contributed by atoms with Gasteiger partial charge in [0.25, 0.3) is 5.91 Å². The lowest BCUT2D eigenvalue weighted by molar-refractivity contribution is -0.134. The van der Waals surface area contributed by atoms with Crippen molar-refractivity contribution in [1.29, 1.82) is 0 Å². The summed E-state index contributed by atoms with van der Waals surface area (Å²) in [5.74, 6) is -0.828. The van der Waals surface area contributed by atoms with E-state index in [-0.39, 0.29) is 5.91 Å². The summed E-state index contributed by atoms with van der Waals surface area (Å²) in [7, 11) is 0. The van der Waals surface area contributed by atoms with Crippen LogP contribution in [0, 0.1) is 0 Å². The molecule has 1 N–H and O–H groups in total. The van der Waals surface area contributed by atoms with Crippen LogP contribution in [0.5, 0.6) is 0 Å². The highest BCUT2D eigenvalue weighted by Gasteiger charge is 2.42. The van der Waals surface area contributed by atoms with Crippen molar-refractivity contribution in [3.63, 3.8) is 0 Å². The molecule has 6 heteroatoms. The molecule has 0 bridgehead atoms. The van der Waals surface area contributed by atoms with Crippen molar-refractivity contribution >= 4 is 17.6 Å². The smallest absolute Gasteiger partial charge is 0.339 e. The van der Waals surface area contributed by atoms with E-state index >= 15 is 0 Å². The van der Waals surface area contributed by atoms with Crippen LogP contribution in [-0.2, 0) is 16.0 Å². The van der Waals surface area contributed by atoms with Crippen molar-refractivity contribution in [2.75, 3.05) is 5.32 Å². The molecule has 6 nitrogen and oxygen atoms in total. The molecule has 0 saturated carbocycles. The number of anilines is 1. The fourth-order valence-electron chi connectivity index (χ4n) is 3.04. The number of ether oxygens (including phenoxy) is 1. The highest BCUT2D eigenvalue weighted by Crippen LogP contribution is 2.29. The average Bonchev–Trinajstić information content (AvgIpc) is 3.17. The van der Waals surface area contributed by atoms with Gasteiger partial charge in [0, 0.05) is 24.5 Å². The van der Waals surface area contributed by atoms with Crippen molar-refractivity contribution in [2.45, 2.75) is 18.9 Å². The zero-order valence-corrected chi connectivity index (χ0v) is 14.2. The van der Waals surface area contributed by atoms with E-state index in [1.165, 1.54) is 0 Å². The molecule has 0 spiro atoms. The van der Waals surface area contributed by atoms with E-state index in [0.717, 1.165) is 11.3 Å². The Kier molecular flexibility index (Phi) is 3.80. The highest BCUT2D eigenvalue weighted by molar-refractivity contribution is 6.02. The first kappa shape index (κ1) is 16.1. The number of hydrogen-bond donors (Lipinski definition) is 1. The third-order valence-corrected chi connectivity index (χ3v) is 4.46. The molecular weight excluding hydrogens is 330 g/mol. The summed E-state index contributed by atoms with van der Waals surface area (Å²) in [6, 6.07) is 16.3. The minimum absolute atomic E-state index is 0.339. The molecule has 1 amide bonds. The van der Waals surface area contributed by atoms with Gasteiger partial charge in [-0.1, -0.05) is 18.2 Å². The Balaban J connectivity index is 1.52. The van der Waals surface area contributed by atoms with Gasteiger partial charge in [0.2, 0.25) is 0 Å². The molecule has 130 valence electrons. The summed E-state index contributed by atoms with van der Waals surface area (Å²) in [6.07, 6.45) is 3.88. The molecule has 2 heterocycles. The van der Waals surface area contributed by atoms with Crippen LogP contribution in [0.4, 0.5) is 5.69 Å². The molecule has 0 fully saturated rings. The maximum Gasteiger partial charge on any atom is 0.339 e. The molecule has 0 radical (unpaired) electrons. The van der Waals surface area contributed by atoms with Crippen LogP contribution < -0.4 is 5.32 Å². The number of nitrogens with one attached hydrogen (secondary N) is 1. The summed E-state index contributed by atoms with van der Waals surface area (Å²) in [5.41, 5.74) is 1.60. The topological polar surface area (TPSA) is 73.2 Å². The normalized spacial score (nSPS) is 18.7. The molecule has 1 aliphatic heterocycles. The largest absolute Gasteiger partial charge is 0.445 e. The quantitative estimate of drug-likeness (QED) is 0.739. The second kappa shape index (κ2) is 6.15. The van der Waals surface area contributed by atoms with E-state index in [2.05, 4.69) is 10.4 Å². The molecule has 4 rings (SSSR count). The first-order valence-electron chi connectivity index (χ1n) is 8.28. The minimum Gasteiger partial charge on any atom is -0.445 e. The van der Waals surface area contributed by atoms with Gasteiger partial charge in [-0.2, -0.15) is 5.10 Å². The predicted molar refractivity (Wildman–Crippen MR) is 96.2 cm³/mol. The van der Waals surface area contributed by atoms with Gasteiger partial charge in [-0.25, -0.2) is 9.48 Å². The van der Waals surface area contributed by atoms with Crippen LogP contribution in [0.1, 0.15) is 22.8 Å². The third-order valence-electron chi connectivity index (χ3n) is 4.46. The Morgan fingerprint density at radius 2 is 1.92 bits per heavy atom. The van der Waals surface area contributed by atoms with Crippen molar-refractivity contribution < 1.29 is 14.3 Å². The van der Waals surface area contributed by atoms with Crippen molar-refractivity contribution in [3.05, 3.63) is 78.1 Å². The van der Waals surface area contributed by atoms with Gasteiger partial charge in [0.15, 0.2) is 5.60 Å². The van der Waals surface area contributed by atoms with Gasteiger partial charge < -0.3 is 10.1 Å². The zero-order chi connectivity index (χ0) is 18.1.